The lowest BCUT2D eigenvalue weighted by atomic mass is 10.1. The Morgan fingerprint density at radius 2 is 2.07 bits per heavy atom. The molecular weight excluding hydrogens is 373 g/mol. The van der Waals surface area contributed by atoms with Gasteiger partial charge in [-0.25, -0.2) is 9.18 Å². The van der Waals surface area contributed by atoms with Crippen molar-refractivity contribution in [2.24, 2.45) is 0 Å². The molecule has 0 saturated carbocycles. The molecule has 0 bridgehead atoms. The molecule has 2 heterocycles. The number of carbonyl (C=O) groups is 2. The van der Waals surface area contributed by atoms with Crippen molar-refractivity contribution in [1.82, 2.24) is 25.5 Å². The van der Waals surface area contributed by atoms with E-state index in [0.717, 1.165) is 9.67 Å². The second-order valence-corrected chi connectivity index (χ2v) is 6.42. The first kappa shape index (κ1) is 18.6. The van der Waals surface area contributed by atoms with Crippen LogP contribution in [-0.4, -0.2) is 45.2 Å². The lowest BCUT2D eigenvalue weighted by Gasteiger charge is -2.07. The minimum atomic E-state index is -0.658. The van der Waals surface area contributed by atoms with Gasteiger partial charge in [-0.1, -0.05) is 24.3 Å². The third-order valence-electron chi connectivity index (χ3n) is 3.50. The van der Waals surface area contributed by atoms with Crippen LogP contribution in [0.3, 0.4) is 0 Å². The molecule has 3 aromatic rings. The van der Waals surface area contributed by atoms with Gasteiger partial charge in [-0.15, -0.1) is 21.5 Å². The minimum Gasteiger partial charge on any atom is -0.454 e. The summed E-state index contributed by atoms with van der Waals surface area (Å²) in [4.78, 5) is 25.4. The summed E-state index contributed by atoms with van der Waals surface area (Å²) in [5.41, 5.74) is 0.508. The van der Waals surface area contributed by atoms with Gasteiger partial charge in [0, 0.05) is 6.54 Å². The summed E-state index contributed by atoms with van der Waals surface area (Å²) in [7, 11) is 0. The maximum Gasteiger partial charge on any atom is 0.330 e. The summed E-state index contributed by atoms with van der Waals surface area (Å²) in [6.45, 7) is -0.435. The van der Waals surface area contributed by atoms with E-state index < -0.39 is 18.5 Å². The number of hydrogen-bond acceptors (Lipinski definition) is 7. The summed E-state index contributed by atoms with van der Waals surface area (Å²) in [6.07, 6.45) is 0.348. The van der Waals surface area contributed by atoms with Crippen molar-refractivity contribution < 1.29 is 18.7 Å². The number of hydrogen-bond donors (Lipinski definition) is 1. The summed E-state index contributed by atoms with van der Waals surface area (Å²) in [5, 5.41) is 16.2. The van der Waals surface area contributed by atoms with Crippen molar-refractivity contribution in [1.29, 1.82) is 0 Å². The second-order valence-electron chi connectivity index (χ2n) is 5.47. The number of ether oxygens (including phenoxy) is 1. The Bertz CT molecular complexity index is 913. The van der Waals surface area contributed by atoms with Crippen LogP contribution >= 0.6 is 11.3 Å². The SMILES string of the molecule is O=C(COC(=O)Cn1nnc(-c2cccs2)n1)NCCc1ccccc1F. The van der Waals surface area contributed by atoms with Gasteiger partial charge >= 0.3 is 5.97 Å². The number of aromatic nitrogens is 4. The van der Waals surface area contributed by atoms with Crippen molar-refractivity contribution in [3.63, 3.8) is 0 Å². The number of tetrazole rings is 1. The number of nitrogens with zero attached hydrogens (tertiary/aromatic N) is 4. The first-order valence-corrected chi connectivity index (χ1v) is 8.97. The Balaban J connectivity index is 1.37. The molecule has 0 aliphatic carbocycles. The van der Waals surface area contributed by atoms with Crippen molar-refractivity contribution in [3.8, 4) is 10.7 Å². The number of halogens is 1. The van der Waals surface area contributed by atoms with Gasteiger partial charge in [0.15, 0.2) is 13.2 Å². The number of carbonyl (C=O) groups excluding carboxylic acids is 2. The van der Waals surface area contributed by atoms with Gasteiger partial charge in [0.1, 0.15) is 5.82 Å². The normalized spacial score (nSPS) is 10.6. The zero-order valence-electron chi connectivity index (χ0n) is 14.2. The van der Waals surface area contributed by atoms with E-state index in [1.807, 2.05) is 17.5 Å². The number of thiophene rings is 1. The Labute approximate surface area is 158 Å². The number of esters is 1. The first-order valence-electron chi connectivity index (χ1n) is 8.09. The van der Waals surface area contributed by atoms with Gasteiger partial charge in [-0.05, 0) is 34.7 Å². The molecule has 0 unspecified atom stereocenters. The molecule has 1 N–H and O–H groups in total. The highest BCUT2D eigenvalue weighted by Gasteiger charge is 2.12. The van der Waals surface area contributed by atoms with Gasteiger partial charge in [0.05, 0.1) is 4.88 Å². The predicted octanol–water partition coefficient (Wildman–Crippen LogP) is 1.44. The van der Waals surface area contributed by atoms with Crippen molar-refractivity contribution in [2.45, 2.75) is 13.0 Å². The number of amides is 1. The molecule has 1 aromatic carbocycles. The van der Waals surface area contributed by atoms with E-state index in [-0.39, 0.29) is 18.9 Å². The smallest absolute Gasteiger partial charge is 0.330 e. The van der Waals surface area contributed by atoms with E-state index in [0.29, 0.717) is 17.8 Å². The number of rotatable bonds is 8. The molecule has 2 aromatic heterocycles. The summed E-state index contributed by atoms with van der Waals surface area (Å²) in [6, 6.07) is 10.0. The summed E-state index contributed by atoms with van der Waals surface area (Å²) < 4.78 is 18.3. The van der Waals surface area contributed by atoms with Crippen molar-refractivity contribution >= 4 is 23.2 Å². The monoisotopic (exact) mass is 389 g/mol. The van der Waals surface area contributed by atoms with Gasteiger partial charge in [0.25, 0.3) is 5.91 Å². The van der Waals surface area contributed by atoms with Crippen LogP contribution in [0.2, 0.25) is 0 Å². The molecule has 27 heavy (non-hydrogen) atoms. The van der Waals surface area contributed by atoms with Crippen LogP contribution in [0, 0.1) is 5.82 Å². The fraction of sp³-hybridized carbons (Fsp3) is 0.235. The predicted molar refractivity (Wildman–Crippen MR) is 95.2 cm³/mol. The minimum absolute atomic E-state index is 0.242. The molecule has 0 aliphatic rings. The molecule has 0 saturated heterocycles. The summed E-state index contributed by atoms with van der Waals surface area (Å²) in [5.74, 6) is -1.02. The average molecular weight is 389 g/mol. The molecule has 0 fully saturated rings. The van der Waals surface area contributed by atoms with Crippen LogP contribution in [0.5, 0.6) is 0 Å². The molecular formula is C17H16FN5O3S. The van der Waals surface area contributed by atoms with Crippen LogP contribution in [0.25, 0.3) is 10.7 Å². The quantitative estimate of drug-likeness (QED) is 0.586. The van der Waals surface area contributed by atoms with Gasteiger partial charge in [-0.2, -0.15) is 4.80 Å². The lowest BCUT2D eigenvalue weighted by molar-refractivity contribution is -0.149. The average Bonchev–Trinajstić information content (AvgIpc) is 3.33. The second kappa shape index (κ2) is 8.99. The highest BCUT2D eigenvalue weighted by molar-refractivity contribution is 7.13. The molecule has 0 aliphatic heterocycles. The Morgan fingerprint density at radius 3 is 2.85 bits per heavy atom. The number of benzene rings is 1. The lowest BCUT2D eigenvalue weighted by Crippen LogP contribution is -2.31. The standard InChI is InChI=1S/C17H16FN5O3S/c18-13-5-2-1-4-12(13)7-8-19-15(24)11-26-16(25)10-23-21-17(20-22-23)14-6-3-9-27-14/h1-6,9H,7-8,10-11H2,(H,19,24). The Kier molecular flexibility index (Phi) is 6.21. The molecule has 1 amide bonds. The third kappa shape index (κ3) is 5.42. The maximum absolute atomic E-state index is 13.5. The van der Waals surface area contributed by atoms with E-state index in [1.165, 1.54) is 17.4 Å². The van der Waals surface area contributed by atoms with E-state index in [1.54, 1.807) is 18.2 Å². The molecule has 0 radical (unpaired) electrons. The van der Waals surface area contributed by atoms with Crippen LogP contribution in [0.4, 0.5) is 4.39 Å². The molecule has 10 heteroatoms. The van der Waals surface area contributed by atoms with Gasteiger partial charge in [0.2, 0.25) is 5.82 Å². The van der Waals surface area contributed by atoms with Crippen LogP contribution < -0.4 is 5.32 Å². The highest BCUT2D eigenvalue weighted by Crippen LogP contribution is 2.19. The largest absolute Gasteiger partial charge is 0.454 e. The fourth-order valence-corrected chi connectivity index (χ4v) is 2.86. The molecule has 140 valence electrons. The van der Waals surface area contributed by atoms with Crippen LogP contribution in [0.15, 0.2) is 41.8 Å². The van der Waals surface area contributed by atoms with Crippen LogP contribution in [-0.2, 0) is 27.3 Å². The number of nitrogens with one attached hydrogen (secondary N) is 1. The first-order chi connectivity index (χ1) is 13.1. The maximum atomic E-state index is 13.5. The van der Waals surface area contributed by atoms with Crippen LogP contribution in [0.1, 0.15) is 5.56 Å². The zero-order chi connectivity index (χ0) is 19.1. The van der Waals surface area contributed by atoms with Gasteiger partial charge in [-0.3, -0.25) is 4.79 Å². The Morgan fingerprint density at radius 1 is 1.22 bits per heavy atom. The van der Waals surface area contributed by atoms with E-state index in [9.17, 15) is 14.0 Å². The molecule has 0 spiro atoms. The highest BCUT2D eigenvalue weighted by atomic mass is 32.1. The van der Waals surface area contributed by atoms with E-state index in [4.69, 9.17) is 4.74 Å². The molecule has 0 atom stereocenters. The zero-order valence-corrected chi connectivity index (χ0v) is 15.0. The van der Waals surface area contributed by atoms with Gasteiger partial charge < -0.3 is 10.1 Å². The topological polar surface area (TPSA) is 99.0 Å². The fourth-order valence-electron chi connectivity index (χ4n) is 2.21. The van der Waals surface area contributed by atoms with Crippen molar-refractivity contribution in [2.75, 3.05) is 13.2 Å². The molecule has 8 nitrogen and oxygen atoms in total. The van der Waals surface area contributed by atoms with Crippen molar-refractivity contribution in [3.05, 3.63) is 53.2 Å². The summed E-state index contributed by atoms with van der Waals surface area (Å²) >= 11 is 1.46. The Hall–Kier alpha value is -3.14. The van der Waals surface area contributed by atoms with E-state index in [2.05, 4.69) is 20.7 Å². The van der Waals surface area contributed by atoms with E-state index >= 15 is 0 Å². The molecule has 3 rings (SSSR count). The third-order valence-corrected chi connectivity index (χ3v) is 4.37.